The first kappa shape index (κ1) is 32.1. The first-order valence-corrected chi connectivity index (χ1v) is 20.3. The minimum atomic E-state index is -0.305. The molecular formula is C53H34N2OS. The summed E-state index contributed by atoms with van der Waals surface area (Å²) in [5, 5.41) is 11.2. The number of anilines is 1. The van der Waals surface area contributed by atoms with Crippen molar-refractivity contribution in [3.8, 4) is 44.8 Å². The Hall–Kier alpha value is -7.14. The third-order valence-electron chi connectivity index (χ3n) is 11.7. The van der Waals surface area contributed by atoms with Gasteiger partial charge in [-0.25, -0.2) is 0 Å². The molecule has 1 unspecified atom stereocenters. The van der Waals surface area contributed by atoms with Crippen molar-refractivity contribution in [3.63, 3.8) is 0 Å². The molecular weight excluding hydrogens is 713 g/mol. The molecule has 9 aromatic carbocycles. The summed E-state index contributed by atoms with van der Waals surface area (Å²) in [5.41, 5.74) is 12.8. The van der Waals surface area contributed by atoms with Gasteiger partial charge in [0.05, 0.1) is 16.7 Å². The van der Waals surface area contributed by atoms with Crippen LogP contribution in [0.2, 0.25) is 0 Å². The molecule has 12 rings (SSSR count). The molecule has 1 aliphatic heterocycles. The van der Waals surface area contributed by atoms with Crippen LogP contribution in [-0.2, 0) is 0 Å². The lowest BCUT2D eigenvalue weighted by molar-refractivity contribution is 0.263. The van der Waals surface area contributed by atoms with Crippen LogP contribution in [0.1, 0.15) is 11.8 Å². The number of hydrogen-bond donors (Lipinski definition) is 1. The second-order valence-corrected chi connectivity index (χ2v) is 16.0. The molecule has 4 heteroatoms. The van der Waals surface area contributed by atoms with Gasteiger partial charge in [0.25, 0.3) is 0 Å². The van der Waals surface area contributed by atoms with Gasteiger partial charge in [0.1, 0.15) is 0 Å². The molecule has 0 fully saturated rings. The summed E-state index contributed by atoms with van der Waals surface area (Å²) in [7, 11) is 0. The molecule has 3 nitrogen and oxygen atoms in total. The number of nitrogens with zero attached hydrogens (tertiary/aromatic N) is 1. The fraction of sp³-hybridized carbons (Fsp3) is 0.0189. The molecule has 0 radical (unpaired) electrons. The zero-order valence-corrected chi connectivity index (χ0v) is 31.6. The van der Waals surface area contributed by atoms with E-state index in [1.54, 1.807) is 0 Å². The van der Waals surface area contributed by atoms with Crippen molar-refractivity contribution < 1.29 is 4.74 Å². The maximum Gasteiger partial charge on any atom is 0.196 e. The number of aromatic nitrogens is 1. The summed E-state index contributed by atoms with van der Waals surface area (Å²) in [6, 6.07) is 70.2. The van der Waals surface area contributed by atoms with Crippen LogP contribution in [0.4, 0.5) is 5.69 Å². The number of fused-ring (bicyclic) bond motifs is 10. The van der Waals surface area contributed by atoms with E-state index in [2.05, 4.69) is 204 Å². The van der Waals surface area contributed by atoms with E-state index in [0.717, 1.165) is 28.3 Å². The van der Waals surface area contributed by atoms with Gasteiger partial charge in [0.2, 0.25) is 0 Å². The van der Waals surface area contributed by atoms with Gasteiger partial charge in [-0.3, -0.25) is 0 Å². The topological polar surface area (TPSA) is 26.2 Å². The lowest BCUT2D eigenvalue weighted by atomic mass is 9.99. The molecule has 268 valence electrons. The number of ether oxygens (including phenoxy) is 1. The standard InChI is InChI=1S/C53H34N2OS/c1-3-11-33(12-4-1)34-23-27-40(28-24-34)55-45-29-26-39(31-44(45)49-41-16-8-7-15-37(41)25-30-46(49)55)35-19-21-38(22-20-35)53-54-51-43(36-13-5-2-6-14-36)32-48-50(52(51)56-53)42-17-9-10-18-47(42)57-48/h1-32,53-54H. The summed E-state index contributed by atoms with van der Waals surface area (Å²) in [4.78, 5) is 0. The Morgan fingerprint density at radius 2 is 1.09 bits per heavy atom. The third kappa shape index (κ3) is 5.11. The van der Waals surface area contributed by atoms with Crippen molar-refractivity contribution >= 4 is 69.8 Å². The largest absolute Gasteiger partial charge is 0.464 e. The highest BCUT2D eigenvalue weighted by Gasteiger charge is 2.30. The molecule has 1 aliphatic rings. The number of rotatable bonds is 5. The van der Waals surface area contributed by atoms with Crippen LogP contribution in [-0.4, -0.2) is 4.57 Å². The average molecular weight is 747 g/mol. The van der Waals surface area contributed by atoms with Crippen molar-refractivity contribution in [2.24, 2.45) is 0 Å². The number of thiophene rings is 1. The lowest BCUT2D eigenvalue weighted by Crippen LogP contribution is -2.10. The minimum Gasteiger partial charge on any atom is -0.464 e. The third-order valence-corrected chi connectivity index (χ3v) is 12.8. The highest BCUT2D eigenvalue weighted by atomic mass is 32.1. The highest BCUT2D eigenvalue weighted by molar-refractivity contribution is 7.26. The van der Waals surface area contributed by atoms with Crippen LogP contribution < -0.4 is 10.1 Å². The van der Waals surface area contributed by atoms with Gasteiger partial charge in [-0.2, -0.15) is 0 Å². The fourth-order valence-corrected chi connectivity index (χ4v) is 10.1. The first-order valence-electron chi connectivity index (χ1n) is 19.4. The maximum atomic E-state index is 6.90. The fourth-order valence-electron chi connectivity index (χ4n) is 8.92. The smallest absolute Gasteiger partial charge is 0.196 e. The van der Waals surface area contributed by atoms with Crippen LogP contribution in [0.3, 0.4) is 0 Å². The first-order chi connectivity index (χ1) is 28.2. The summed E-state index contributed by atoms with van der Waals surface area (Å²) in [5.74, 6) is 0.932. The molecule has 2 aromatic heterocycles. The molecule has 0 spiro atoms. The number of hydrogen-bond acceptors (Lipinski definition) is 3. The number of nitrogens with one attached hydrogen (secondary N) is 1. The minimum absolute atomic E-state index is 0.305. The second kappa shape index (κ2) is 12.7. The zero-order valence-electron chi connectivity index (χ0n) is 30.8. The van der Waals surface area contributed by atoms with Crippen LogP contribution in [0.15, 0.2) is 194 Å². The van der Waals surface area contributed by atoms with Crippen molar-refractivity contribution in [2.75, 3.05) is 5.32 Å². The van der Waals surface area contributed by atoms with E-state index in [1.165, 1.54) is 80.6 Å². The lowest BCUT2D eigenvalue weighted by Gasteiger charge is -2.13. The van der Waals surface area contributed by atoms with Crippen LogP contribution in [0.5, 0.6) is 5.75 Å². The summed E-state index contributed by atoms with van der Waals surface area (Å²) >= 11 is 1.83. The van der Waals surface area contributed by atoms with Crippen molar-refractivity contribution in [1.82, 2.24) is 4.57 Å². The average Bonchev–Trinajstić information content (AvgIpc) is 3.99. The molecule has 0 aliphatic carbocycles. The Labute approximate surface area is 333 Å². The van der Waals surface area contributed by atoms with E-state index in [1.807, 2.05) is 11.3 Å². The van der Waals surface area contributed by atoms with Gasteiger partial charge in [0.15, 0.2) is 12.0 Å². The van der Waals surface area contributed by atoms with Crippen molar-refractivity contribution in [3.05, 3.63) is 200 Å². The monoisotopic (exact) mass is 746 g/mol. The Morgan fingerprint density at radius 3 is 1.89 bits per heavy atom. The quantitative estimate of drug-likeness (QED) is 0.190. The molecule has 0 saturated carbocycles. The summed E-state index contributed by atoms with van der Waals surface area (Å²) < 4.78 is 11.8. The molecule has 3 heterocycles. The van der Waals surface area contributed by atoms with Crippen LogP contribution in [0, 0.1) is 0 Å². The SMILES string of the molecule is c1ccc(-c2ccc(-n3c4ccc(-c5ccc(C6Nc7c(-c8ccccc8)cc8sc9ccccc9c8c7O6)cc5)cc4c4c5ccccc5ccc43)cc2)cc1. The normalized spacial score (nSPS) is 13.7. The molecule has 11 aromatic rings. The van der Waals surface area contributed by atoms with E-state index < -0.39 is 0 Å². The van der Waals surface area contributed by atoms with Gasteiger partial charge >= 0.3 is 0 Å². The van der Waals surface area contributed by atoms with Crippen molar-refractivity contribution in [1.29, 1.82) is 0 Å². The Kier molecular flexibility index (Phi) is 7.16. The van der Waals surface area contributed by atoms with E-state index in [0.29, 0.717) is 0 Å². The van der Waals surface area contributed by atoms with Gasteiger partial charge in [-0.1, -0.05) is 152 Å². The maximum absolute atomic E-state index is 6.90. The van der Waals surface area contributed by atoms with E-state index >= 15 is 0 Å². The van der Waals surface area contributed by atoms with Crippen molar-refractivity contribution in [2.45, 2.75) is 6.23 Å². The van der Waals surface area contributed by atoms with E-state index in [9.17, 15) is 0 Å². The zero-order chi connectivity index (χ0) is 37.5. The molecule has 0 amide bonds. The van der Waals surface area contributed by atoms with Crippen LogP contribution in [0.25, 0.3) is 91.8 Å². The predicted octanol–water partition coefficient (Wildman–Crippen LogP) is 14.8. The highest BCUT2D eigenvalue weighted by Crippen LogP contribution is 2.53. The second-order valence-electron chi connectivity index (χ2n) is 14.9. The van der Waals surface area contributed by atoms with Gasteiger partial charge in [-0.15, -0.1) is 11.3 Å². The summed E-state index contributed by atoms with van der Waals surface area (Å²) in [6.45, 7) is 0. The van der Waals surface area contributed by atoms with E-state index in [4.69, 9.17) is 4.74 Å². The molecule has 57 heavy (non-hydrogen) atoms. The van der Waals surface area contributed by atoms with Gasteiger partial charge < -0.3 is 14.6 Å². The van der Waals surface area contributed by atoms with Gasteiger partial charge in [0, 0.05) is 47.8 Å². The Bertz CT molecular complexity index is 3330. The number of benzene rings is 9. The molecule has 1 atom stereocenters. The van der Waals surface area contributed by atoms with Crippen LogP contribution >= 0.6 is 11.3 Å². The Morgan fingerprint density at radius 1 is 0.456 bits per heavy atom. The van der Waals surface area contributed by atoms with Gasteiger partial charge in [-0.05, 0) is 81.1 Å². The summed E-state index contributed by atoms with van der Waals surface area (Å²) in [6.07, 6.45) is -0.305. The predicted molar refractivity (Wildman–Crippen MR) is 241 cm³/mol. The molecule has 0 bridgehead atoms. The Balaban J connectivity index is 0.938. The van der Waals surface area contributed by atoms with E-state index in [-0.39, 0.29) is 6.23 Å². The molecule has 1 N–H and O–H groups in total. The molecule has 0 saturated heterocycles.